The SMILES string of the molecule is Cc1ccc(CC(=O)Nc2cc([C@@H]3CC[C@H](OC(=O)N[C@H]4CC[C@H](O)CC4)C3)[nH]n2)nc1. The second kappa shape index (κ2) is 10.1. The molecular formula is C23H31N5O4. The van der Waals surface area contributed by atoms with Crippen molar-refractivity contribution in [2.45, 2.75) is 82.5 Å². The number of pyridine rings is 1. The minimum absolute atomic E-state index is 0.0805. The van der Waals surface area contributed by atoms with Gasteiger partial charge in [0, 0.05) is 35.6 Å². The summed E-state index contributed by atoms with van der Waals surface area (Å²) in [5.41, 5.74) is 2.69. The lowest BCUT2D eigenvalue weighted by atomic mass is 9.93. The lowest BCUT2D eigenvalue weighted by molar-refractivity contribution is -0.115. The van der Waals surface area contributed by atoms with Crippen molar-refractivity contribution >= 4 is 17.8 Å². The summed E-state index contributed by atoms with van der Waals surface area (Å²) < 4.78 is 5.62. The van der Waals surface area contributed by atoms with Crippen LogP contribution >= 0.6 is 0 Å². The predicted octanol–water partition coefficient (Wildman–Crippen LogP) is 2.96. The van der Waals surface area contributed by atoms with Gasteiger partial charge < -0.3 is 20.5 Å². The third kappa shape index (κ3) is 6.06. The van der Waals surface area contributed by atoms with E-state index in [4.69, 9.17) is 4.74 Å². The predicted molar refractivity (Wildman–Crippen MR) is 118 cm³/mol. The zero-order valence-corrected chi connectivity index (χ0v) is 18.3. The number of nitrogens with zero attached hydrogens (tertiary/aromatic N) is 2. The number of alkyl carbamates (subject to hydrolysis) is 1. The lowest BCUT2D eigenvalue weighted by Crippen LogP contribution is -2.40. The molecule has 2 heterocycles. The van der Waals surface area contributed by atoms with Crippen LogP contribution in [0.4, 0.5) is 10.6 Å². The molecule has 2 atom stereocenters. The number of rotatable bonds is 6. The van der Waals surface area contributed by atoms with Crippen LogP contribution in [0.5, 0.6) is 0 Å². The number of aliphatic hydroxyl groups excluding tert-OH is 1. The molecule has 0 aromatic carbocycles. The Bertz CT molecular complexity index is 921. The molecule has 2 aromatic heterocycles. The van der Waals surface area contributed by atoms with Crippen molar-refractivity contribution < 1.29 is 19.4 Å². The van der Waals surface area contributed by atoms with Gasteiger partial charge in [-0.25, -0.2) is 4.79 Å². The van der Waals surface area contributed by atoms with Crippen molar-refractivity contribution in [1.29, 1.82) is 0 Å². The number of H-pyrrole nitrogens is 1. The molecule has 0 saturated heterocycles. The third-order valence-electron chi connectivity index (χ3n) is 6.30. The van der Waals surface area contributed by atoms with Gasteiger partial charge in [0.15, 0.2) is 5.82 Å². The van der Waals surface area contributed by atoms with Crippen molar-refractivity contribution in [3.63, 3.8) is 0 Å². The highest BCUT2D eigenvalue weighted by Crippen LogP contribution is 2.36. The van der Waals surface area contributed by atoms with Gasteiger partial charge in [0.2, 0.25) is 5.91 Å². The molecule has 2 aromatic rings. The number of hydrogen-bond donors (Lipinski definition) is 4. The number of aromatic nitrogens is 3. The van der Waals surface area contributed by atoms with Crippen molar-refractivity contribution in [3.8, 4) is 0 Å². The highest BCUT2D eigenvalue weighted by atomic mass is 16.6. The van der Waals surface area contributed by atoms with Crippen LogP contribution in [0.3, 0.4) is 0 Å². The lowest BCUT2D eigenvalue weighted by Gasteiger charge is -2.26. The van der Waals surface area contributed by atoms with Gasteiger partial charge in [0.25, 0.3) is 0 Å². The summed E-state index contributed by atoms with van der Waals surface area (Å²) >= 11 is 0. The second-order valence-electron chi connectivity index (χ2n) is 8.95. The van der Waals surface area contributed by atoms with Crippen molar-refractivity contribution in [3.05, 3.63) is 41.3 Å². The fourth-order valence-electron chi connectivity index (χ4n) is 4.47. The number of aromatic amines is 1. The maximum Gasteiger partial charge on any atom is 0.407 e. The molecule has 4 N–H and O–H groups in total. The Kier molecular flexibility index (Phi) is 7.04. The molecule has 172 valence electrons. The first-order chi connectivity index (χ1) is 15.4. The molecule has 0 radical (unpaired) electrons. The van der Waals surface area contributed by atoms with Gasteiger partial charge in [-0.15, -0.1) is 0 Å². The number of ether oxygens (including phenoxy) is 1. The first kappa shape index (κ1) is 22.3. The Morgan fingerprint density at radius 2 is 2.00 bits per heavy atom. The molecular weight excluding hydrogens is 410 g/mol. The summed E-state index contributed by atoms with van der Waals surface area (Å²) in [6.45, 7) is 1.95. The third-order valence-corrected chi connectivity index (χ3v) is 6.30. The van der Waals surface area contributed by atoms with E-state index in [0.29, 0.717) is 11.5 Å². The van der Waals surface area contributed by atoms with Gasteiger partial charge in [-0.05, 0) is 63.5 Å². The normalized spacial score (nSPS) is 25.3. The highest BCUT2D eigenvalue weighted by Gasteiger charge is 2.31. The van der Waals surface area contributed by atoms with Crippen LogP contribution in [-0.2, 0) is 16.0 Å². The molecule has 4 rings (SSSR count). The summed E-state index contributed by atoms with van der Waals surface area (Å²) in [6.07, 6.45) is 6.58. The van der Waals surface area contributed by atoms with Crippen LogP contribution in [0, 0.1) is 6.92 Å². The van der Waals surface area contributed by atoms with E-state index in [2.05, 4.69) is 25.8 Å². The number of nitrogens with one attached hydrogen (secondary N) is 3. The van der Waals surface area contributed by atoms with E-state index in [1.165, 1.54) is 0 Å². The van der Waals surface area contributed by atoms with Gasteiger partial charge in [0.1, 0.15) is 6.10 Å². The molecule has 0 bridgehead atoms. The monoisotopic (exact) mass is 441 g/mol. The number of carbonyl (C=O) groups is 2. The van der Waals surface area contributed by atoms with E-state index in [1.807, 2.05) is 25.1 Å². The Morgan fingerprint density at radius 3 is 2.75 bits per heavy atom. The molecule has 0 aliphatic heterocycles. The number of carbonyl (C=O) groups excluding carboxylic acids is 2. The number of hydrogen-bond acceptors (Lipinski definition) is 6. The first-order valence-corrected chi connectivity index (χ1v) is 11.4. The van der Waals surface area contributed by atoms with Crippen LogP contribution < -0.4 is 10.6 Å². The van der Waals surface area contributed by atoms with E-state index in [9.17, 15) is 14.7 Å². The van der Waals surface area contributed by atoms with Crippen LogP contribution in [-0.4, -0.2) is 50.5 Å². The number of aryl methyl sites for hydroxylation is 1. The number of aliphatic hydroxyl groups is 1. The van der Waals surface area contributed by atoms with E-state index in [-0.39, 0.29) is 42.6 Å². The fourth-order valence-corrected chi connectivity index (χ4v) is 4.47. The van der Waals surface area contributed by atoms with Crippen LogP contribution in [0.15, 0.2) is 24.4 Å². The Hall–Kier alpha value is -2.94. The molecule has 2 aliphatic rings. The quantitative estimate of drug-likeness (QED) is 0.545. The summed E-state index contributed by atoms with van der Waals surface area (Å²) in [7, 11) is 0. The van der Waals surface area contributed by atoms with Gasteiger partial charge in [-0.1, -0.05) is 6.07 Å². The molecule has 2 amide bonds. The molecule has 0 unspecified atom stereocenters. The zero-order valence-electron chi connectivity index (χ0n) is 18.3. The van der Waals surface area contributed by atoms with Gasteiger partial charge in [-0.2, -0.15) is 5.10 Å². The Labute approximate surface area is 187 Å². The van der Waals surface area contributed by atoms with Crippen LogP contribution in [0.2, 0.25) is 0 Å². The summed E-state index contributed by atoms with van der Waals surface area (Å²) in [5, 5.41) is 22.5. The average Bonchev–Trinajstić information content (AvgIpc) is 3.41. The molecule has 32 heavy (non-hydrogen) atoms. The molecule has 2 aliphatic carbocycles. The average molecular weight is 442 g/mol. The maximum absolute atomic E-state index is 12.3. The highest BCUT2D eigenvalue weighted by molar-refractivity contribution is 5.91. The zero-order chi connectivity index (χ0) is 22.5. The van der Waals surface area contributed by atoms with Crippen molar-refractivity contribution in [1.82, 2.24) is 20.5 Å². The van der Waals surface area contributed by atoms with Gasteiger partial charge >= 0.3 is 6.09 Å². The van der Waals surface area contributed by atoms with Crippen LogP contribution in [0.25, 0.3) is 0 Å². The smallest absolute Gasteiger partial charge is 0.407 e. The first-order valence-electron chi connectivity index (χ1n) is 11.4. The Balaban J connectivity index is 1.22. The minimum Gasteiger partial charge on any atom is -0.446 e. The van der Waals surface area contributed by atoms with E-state index < -0.39 is 0 Å². The topological polar surface area (TPSA) is 129 Å². The number of amides is 2. The summed E-state index contributed by atoms with van der Waals surface area (Å²) in [4.78, 5) is 28.7. The molecule has 2 saturated carbocycles. The van der Waals surface area contributed by atoms with Crippen LogP contribution in [0.1, 0.15) is 67.8 Å². The summed E-state index contributed by atoms with van der Waals surface area (Å²) in [5.74, 6) is 0.521. The van der Waals surface area contributed by atoms with E-state index >= 15 is 0 Å². The van der Waals surface area contributed by atoms with E-state index in [0.717, 1.165) is 56.2 Å². The molecule has 9 heteroatoms. The minimum atomic E-state index is -0.376. The number of anilines is 1. The Morgan fingerprint density at radius 1 is 1.19 bits per heavy atom. The molecule has 9 nitrogen and oxygen atoms in total. The summed E-state index contributed by atoms with van der Waals surface area (Å²) in [6, 6.07) is 5.70. The fraction of sp³-hybridized carbons (Fsp3) is 0.565. The van der Waals surface area contributed by atoms with Gasteiger partial charge in [0.05, 0.1) is 12.5 Å². The van der Waals surface area contributed by atoms with Crippen molar-refractivity contribution in [2.75, 3.05) is 5.32 Å². The van der Waals surface area contributed by atoms with Crippen molar-refractivity contribution in [2.24, 2.45) is 0 Å². The maximum atomic E-state index is 12.3. The largest absolute Gasteiger partial charge is 0.446 e. The van der Waals surface area contributed by atoms with E-state index in [1.54, 1.807) is 6.20 Å². The van der Waals surface area contributed by atoms with Gasteiger partial charge in [-0.3, -0.25) is 14.9 Å². The standard InChI is InChI=1S/C23H31N5O4/c1-14-2-4-17(24-13-14)11-22(30)26-21-12-20(27-28-21)15-3-9-19(10-15)32-23(31)25-16-5-7-18(29)8-6-16/h2,4,12-13,15-16,18-19,29H,3,5-11H2,1H3,(H,25,31)(H2,26,27,28,30)/t15-,16-,18-,19+/m1/s1. The molecule has 2 fully saturated rings. The second-order valence-corrected chi connectivity index (χ2v) is 8.95. The molecule has 0 spiro atoms.